The lowest BCUT2D eigenvalue weighted by atomic mass is 10.1. The van der Waals surface area contributed by atoms with Crippen LogP contribution in [0.5, 0.6) is 11.5 Å². The molecular weight excluding hydrogens is 573 g/mol. The fraction of sp³-hybridized carbons (Fsp3) is 0.367. The smallest absolute Gasteiger partial charge is 0.332 e. The van der Waals surface area contributed by atoms with Crippen molar-refractivity contribution in [2.75, 3.05) is 50.2 Å². The highest BCUT2D eigenvalue weighted by Crippen LogP contribution is 2.33. The number of methoxy groups -OCH3 is 2. The summed E-state index contributed by atoms with van der Waals surface area (Å²) in [7, 11) is 5.98. The number of hydrogen-bond donors (Lipinski definition) is 0. The molecule has 2 aromatic heterocycles. The molecule has 4 heterocycles. The maximum atomic E-state index is 13.6. The number of anilines is 2. The highest BCUT2D eigenvalue weighted by molar-refractivity contribution is 6.22. The van der Waals surface area contributed by atoms with Crippen molar-refractivity contribution in [2.45, 2.75) is 19.0 Å². The van der Waals surface area contributed by atoms with Crippen molar-refractivity contribution in [1.82, 2.24) is 23.6 Å². The Morgan fingerprint density at radius 3 is 2.14 bits per heavy atom. The van der Waals surface area contributed by atoms with Crippen LogP contribution in [-0.4, -0.2) is 81.8 Å². The lowest BCUT2D eigenvalue weighted by molar-refractivity contribution is -0.123. The summed E-state index contributed by atoms with van der Waals surface area (Å²) in [5.41, 5.74) is 0.681. The summed E-state index contributed by atoms with van der Waals surface area (Å²) < 4.78 is 28.4. The van der Waals surface area contributed by atoms with Gasteiger partial charge in [0.1, 0.15) is 17.3 Å². The molecule has 0 aliphatic carbocycles. The number of halogens is 1. The first kappa shape index (κ1) is 29.1. The van der Waals surface area contributed by atoms with E-state index in [1.165, 1.54) is 42.9 Å². The van der Waals surface area contributed by atoms with Crippen molar-refractivity contribution in [2.24, 2.45) is 14.1 Å². The van der Waals surface area contributed by atoms with Crippen LogP contribution in [0.25, 0.3) is 11.2 Å². The second-order valence-corrected chi connectivity index (χ2v) is 10.9. The molecule has 4 aromatic rings. The molecule has 230 valence electrons. The predicted molar refractivity (Wildman–Crippen MR) is 160 cm³/mol. The summed E-state index contributed by atoms with van der Waals surface area (Å²) in [5.74, 6) is 0.418. The van der Waals surface area contributed by atoms with Gasteiger partial charge in [-0.1, -0.05) is 12.1 Å². The van der Waals surface area contributed by atoms with E-state index in [0.717, 1.165) is 10.1 Å². The summed E-state index contributed by atoms with van der Waals surface area (Å²) >= 11 is 0. The van der Waals surface area contributed by atoms with Crippen molar-refractivity contribution >= 4 is 34.6 Å². The number of imide groups is 1. The molecule has 44 heavy (non-hydrogen) atoms. The van der Waals surface area contributed by atoms with E-state index in [2.05, 4.69) is 0 Å². The van der Waals surface area contributed by atoms with Crippen LogP contribution < -0.4 is 30.5 Å². The van der Waals surface area contributed by atoms with Crippen LogP contribution in [0.4, 0.5) is 16.0 Å². The van der Waals surface area contributed by atoms with Crippen LogP contribution in [0.1, 0.15) is 12.0 Å². The first-order valence-corrected chi connectivity index (χ1v) is 14.1. The number of hydrogen-bond acceptors (Lipinski definition) is 9. The molecule has 6 rings (SSSR count). The monoisotopic (exact) mass is 605 g/mol. The van der Waals surface area contributed by atoms with E-state index >= 15 is 0 Å². The number of fused-ring (bicyclic) bond motifs is 1. The maximum Gasteiger partial charge on any atom is 0.332 e. The number of piperazine rings is 1. The number of benzene rings is 2. The van der Waals surface area contributed by atoms with Gasteiger partial charge in [-0.3, -0.25) is 33.0 Å². The van der Waals surface area contributed by atoms with E-state index in [0.29, 0.717) is 49.3 Å². The van der Waals surface area contributed by atoms with Gasteiger partial charge in [-0.15, -0.1) is 0 Å². The van der Waals surface area contributed by atoms with Gasteiger partial charge >= 0.3 is 5.69 Å². The van der Waals surface area contributed by atoms with Crippen molar-refractivity contribution in [3.63, 3.8) is 0 Å². The number of imidazole rings is 1. The van der Waals surface area contributed by atoms with Crippen LogP contribution in [-0.2, 0) is 30.2 Å². The molecule has 13 nitrogen and oxygen atoms in total. The average molecular weight is 606 g/mol. The number of carbonyl (C=O) groups excluding carboxylic acids is 2. The van der Waals surface area contributed by atoms with Gasteiger partial charge in [-0.05, 0) is 17.7 Å². The second-order valence-electron chi connectivity index (χ2n) is 10.9. The summed E-state index contributed by atoms with van der Waals surface area (Å²) in [6.45, 7) is 2.04. The number of nitrogens with zero attached hydrogens (tertiary/aromatic N) is 7. The van der Waals surface area contributed by atoms with E-state index in [1.807, 2.05) is 9.80 Å². The number of carbonyl (C=O) groups is 2. The Balaban J connectivity index is 1.27. The van der Waals surface area contributed by atoms with Crippen LogP contribution in [0.2, 0.25) is 0 Å². The third-order valence-electron chi connectivity index (χ3n) is 8.34. The molecule has 2 aromatic carbocycles. The number of aromatic nitrogens is 4. The van der Waals surface area contributed by atoms with Gasteiger partial charge in [0.2, 0.25) is 11.9 Å². The predicted octanol–water partition coefficient (Wildman–Crippen LogP) is 1.09. The lowest BCUT2D eigenvalue weighted by Gasteiger charge is -2.37. The van der Waals surface area contributed by atoms with Crippen LogP contribution in [0.3, 0.4) is 0 Å². The van der Waals surface area contributed by atoms with E-state index in [4.69, 9.17) is 14.5 Å². The molecule has 14 heteroatoms. The molecular formula is C30H32FN7O6. The average Bonchev–Trinajstić information content (AvgIpc) is 3.56. The first-order valence-electron chi connectivity index (χ1n) is 14.1. The summed E-state index contributed by atoms with van der Waals surface area (Å²) in [5, 5.41) is 0. The Bertz CT molecular complexity index is 1870. The molecule has 2 amide bonds. The lowest BCUT2D eigenvalue weighted by Crippen LogP contribution is -2.53. The zero-order chi connectivity index (χ0) is 31.3. The molecule has 2 fully saturated rings. The van der Waals surface area contributed by atoms with E-state index in [9.17, 15) is 23.6 Å². The topological polar surface area (TPSA) is 124 Å². The van der Waals surface area contributed by atoms with E-state index < -0.39 is 17.3 Å². The minimum atomic E-state index is -0.631. The Morgan fingerprint density at radius 1 is 0.886 bits per heavy atom. The van der Waals surface area contributed by atoms with Gasteiger partial charge in [-0.25, -0.2) is 14.1 Å². The van der Waals surface area contributed by atoms with Crippen LogP contribution in [0, 0.1) is 5.82 Å². The SMILES string of the molecule is COc1cc(OC)cc(N2C(=O)CC(N3CCN(c4nc5c(c(=O)n(C)c(=O)n5C)n4Cc4ccc(F)cc4)CC3)C2=O)c1. The second kappa shape index (κ2) is 11.3. The third kappa shape index (κ3) is 4.90. The highest BCUT2D eigenvalue weighted by atomic mass is 19.1. The molecule has 0 bridgehead atoms. The third-order valence-corrected chi connectivity index (χ3v) is 8.34. The fourth-order valence-electron chi connectivity index (χ4n) is 5.93. The Hall–Kier alpha value is -4.98. The largest absolute Gasteiger partial charge is 0.497 e. The minimum Gasteiger partial charge on any atom is -0.497 e. The van der Waals surface area contributed by atoms with Gasteiger partial charge < -0.3 is 14.4 Å². The molecule has 0 N–H and O–H groups in total. The fourth-order valence-corrected chi connectivity index (χ4v) is 5.93. The zero-order valence-electron chi connectivity index (χ0n) is 24.8. The molecule has 0 saturated carbocycles. The number of aryl methyl sites for hydroxylation is 1. The van der Waals surface area contributed by atoms with Gasteiger partial charge in [-0.2, -0.15) is 4.98 Å². The molecule has 2 saturated heterocycles. The number of ether oxygens (including phenoxy) is 2. The van der Waals surface area contributed by atoms with Crippen molar-refractivity contribution in [3.8, 4) is 11.5 Å². The summed E-state index contributed by atoms with van der Waals surface area (Å²) in [4.78, 5) is 62.5. The first-order chi connectivity index (χ1) is 21.1. The van der Waals surface area contributed by atoms with Gasteiger partial charge in [0, 0.05) is 58.5 Å². The van der Waals surface area contributed by atoms with Crippen LogP contribution in [0.15, 0.2) is 52.1 Å². The van der Waals surface area contributed by atoms with Crippen LogP contribution >= 0.6 is 0 Å². The minimum absolute atomic E-state index is 0.0413. The highest BCUT2D eigenvalue weighted by Gasteiger charge is 2.44. The van der Waals surface area contributed by atoms with Crippen molar-refractivity contribution in [3.05, 3.63) is 74.7 Å². The molecule has 1 atom stereocenters. The van der Waals surface area contributed by atoms with E-state index in [1.54, 1.807) is 41.9 Å². The Kier molecular flexibility index (Phi) is 7.45. The quantitative estimate of drug-likeness (QED) is 0.285. The Morgan fingerprint density at radius 2 is 1.52 bits per heavy atom. The number of rotatable bonds is 7. The molecule has 0 radical (unpaired) electrons. The molecule has 2 aliphatic heterocycles. The van der Waals surface area contributed by atoms with Gasteiger partial charge in [0.25, 0.3) is 11.5 Å². The summed E-state index contributed by atoms with van der Waals surface area (Å²) in [6, 6.07) is 10.3. The van der Waals surface area contributed by atoms with E-state index in [-0.39, 0.29) is 41.8 Å². The standard InChI is InChI=1S/C30H32FN7O6/c1-33-26-25(28(41)34(2)30(33)42)37(17-18-5-7-19(31)8-6-18)29(32-26)36-11-9-35(10-12-36)23-16-24(39)38(27(23)40)20-13-21(43-3)15-22(14-20)44-4/h5-8,13-15,23H,9-12,16-17H2,1-4H3. The summed E-state index contributed by atoms with van der Waals surface area (Å²) in [6.07, 6.45) is 0.0413. The zero-order valence-corrected chi connectivity index (χ0v) is 24.8. The Labute approximate surface area is 251 Å². The molecule has 2 aliphatic rings. The van der Waals surface area contributed by atoms with Gasteiger partial charge in [0.05, 0.1) is 38.9 Å². The van der Waals surface area contributed by atoms with Crippen molar-refractivity contribution in [1.29, 1.82) is 0 Å². The maximum absolute atomic E-state index is 13.6. The normalized spacial score (nSPS) is 17.6. The van der Waals surface area contributed by atoms with Crippen molar-refractivity contribution < 1.29 is 23.5 Å². The number of amides is 2. The molecule has 0 spiro atoms. The molecule has 1 unspecified atom stereocenters. The van der Waals surface area contributed by atoms with Gasteiger partial charge in [0.15, 0.2) is 11.2 Å².